The molecule has 1 aliphatic rings. The fraction of sp³-hybridized carbons (Fsp3) is 0.320. The van der Waals surface area contributed by atoms with Crippen LogP contribution in [0.4, 0.5) is 5.69 Å². The summed E-state index contributed by atoms with van der Waals surface area (Å²) in [4.78, 5) is 31.0. The van der Waals surface area contributed by atoms with E-state index in [-0.39, 0.29) is 11.5 Å². The van der Waals surface area contributed by atoms with Gasteiger partial charge in [-0.3, -0.25) is 9.59 Å². The normalized spacial score (nSPS) is 15.4. The molecule has 0 saturated carbocycles. The number of carbonyl (C=O) groups excluding carboxylic acids is 1. The van der Waals surface area contributed by atoms with Crippen molar-refractivity contribution in [1.82, 2.24) is 19.2 Å². The van der Waals surface area contributed by atoms with E-state index in [1.54, 1.807) is 13.2 Å². The summed E-state index contributed by atoms with van der Waals surface area (Å²) in [5.41, 5.74) is 2.29. The Morgan fingerprint density at radius 3 is 2.55 bits per heavy atom. The number of nitrogens with zero attached hydrogens (tertiary/aromatic N) is 5. The first-order valence-electron chi connectivity index (χ1n) is 11.2. The number of amides is 1. The molecule has 2 aromatic carbocycles. The highest BCUT2D eigenvalue weighted by Gasteiger charge is 2.30. The van der Waals surface area contributed by atoms with Crippen molar-refractivity contribution in [3.05, 3.63) is 70.1 Å². The molecule has 5 rings (SSSR count). The summed E-state index contributed by atoms with van der Waals surface area (Å²) in [5, 5.41) is 6.64. The van der Waals surface area contributed by atoms with Crippen LogP contribution < -0.4 is 10.5 Å². The van der Waals surface area contributed by atoms with Crippen molar-refractivity contribution >= 4 is 45.0 Å². The number of fused-ring (bicyclic) bond motifs is 3. The molecule has 0 spiro atoms. The molecule has 2 aromatic heterocycles. The molecule has 3 heterocycles. The Balaban J connectivity index is 1.49. The lowest BCUT2D eigenvalue weighted by molar-refractivity contribution is -0.135. The summed E-state index contributed by atoms with van der Waals surface area (Å²) in [5.74, 6) is 0.0461. The second-order valence-electron chi connectivity index (χ2n) is 8.44. The summed E-state index contributed by atoms with van der Waals surface area (Å²) in [7, 11) is 1.64. The highest BCUT2D eigenvalue weighted by molar-refractivity contribution is 6.30. The van der Waals surface area contributed by atoms with Crippen molar-refractivity contribution in [2.75, 3.05) is 31.1 Å². The Hall–Kier alpha value is -3.32. The maximum absolute atomic E-state index is 13.7. The van der Waals surface area contributed by atoms with E-state index >= 15 is 0 Å². The van der Waals surface area contributed by atoms with Gasteiger partial charge in [0.15, 0.2) is 0 Å². The lowest BCUT2D eigenvalue weighted by Gasteiger charge is -2.38. The first-order chi connectivity index (χ1) is 16.0. The highest BCUT2D eigenvalue weighted by Crippen LogP contribution is 2.32. The van der Waals surface area contributed by atoms with Gasteiger partial charge in [0, 0.05) is 54.7 Å². The van der Waals surface area contributed by atoms with Gasteiger partial charge in [0.05, 0.1) is 11.7 Å². The lowest BCUT2D eigenvalue weighted by Crippen LogP contribution is -2.50. The van der Waals surface area contributed by atoms with Crippen LogP contribution in [0.5, 0.6) is 0 Å². The molecule has 170 valence electrons. The molecule has 7 nitrogen and oxygen atoms in total. The van der Waals surface area contributed by atoms with Gasteiger partial charge in [-0.05, 0) is 30.7 Å². The van der Waals surface area contributed by atoms with E-state index in [1.807, 2.05) is 64.9 Å². The molecule has 1 saturated heterocycles. The second-order valence-corrected chi connectivity index (χ2v) is 8.88. The minimum absolute atomic E-state index is 0.0461. The largest absolute Gasteiger partial charge is 0.368 e. The summed E-state index contributed by atoms with van der Waals surface area (Å²) in [6.07, 6.45) is 2.31. The molecule has 1 atom stereocenters. The van der Waals surface area contributed by atoms with Crippen LogP contribution in [0.3, 0.4) is 0 Å². The summed E-state index contributed by atoms with van der Waals surface area (Å²) < 4.78 is 3.26. The smallest absolute Gasteiger partial charge is 0.291 e. The Kier molecular flexibility index (Phi) is 5.58. The van der Waals surface area contributed by atoms with Crippen LogP contribution >= 0.6 is 11.6 Å². The fourth-order valence-electron chi connectivity index (χ4n) is 4.85. The Morgan fingerprint density at radius 2 is 1.82 bits per heavy atom. The van der Waals surface area contributed by atoms with E-state index in [0.29, 0.717) is 30.0 Å². The van der Waals surface area contributed by atoms with E-state index in [1.165, 1.54) is 4.68 Å². The fourth-order valence-corrected chi connectivity index (χ4v) is 5.03. The number of carbonyl (C=O) groups is 1. The van der Waals surface area contributed by atoms with Crippen molar-refractivity contribution < 1.29 is 4.79 Å². The zero-order chi connectivity index (χ0) is 23.1. The van der Waals surface area contributed by atoms with E-state index < -0.39 is 6.04 Å². The molecule has 1 amide bonds. The number of hydrogen-bond donors (Lipinski definition) is 0. The molecule has 33 heavy (non-hydrogen) atoms. The quantitative estimate of drug-likeness (QED) is 0.461. The van der Waals surface area contributed by atoms with E-state index in [0.717, 1.165) is 35.1 Å². The highest BCUT2D eigenvalue weighted by atomic mass is 35.5. The first kappa shape index (κ1) is 21.5. The number of anilines is 1. The maximum atomic E-state index is 13.7. The van der Waals surface area contributed by atoms with Crippen LogP contribution in [-0.4, -0.2) is 51.3 Å². The Morgan fingerprint density at radius 1 is 1.06 bits per heavy atom. The third-order valence-corrected chi connectivity index (χ3v) is 6.79. The molecule has 1 aliphatic heterocycles. The van der Waals surface area contributed by atoms with Gasteiger partial charge in [-0.25, -0.2) is 4.68 Å². The predicted molar refractivity (Wildman–Crippen MR) is 132 cm³/mol. The van der Waals surface area contributed by atoms with E-state index in [9.17, 15) is 9.59 Å². The summed E-state index contributed by atoms with van der Waals surface area (Å²) >= 11 is 6.15. The van der Waals surface area contributed by atoms with Gasteiger partial charge < -0.3 is 14.4 Å². The van der Waals surface area contributed by atoms with Crippen molar-refractivity contribution in [3.63, 3.8) is 0 Å². The monoisotopic (exact) mass is 463 g/mol. The van der Waals surface area contributed by atoms with Crippen molar-refractivity contribution in [1.29, 1.82) is 0 Å². The van der Waals surface area contributed by atoms with Gasteiger partial charge in [-0.15, -0.1) is 0 Å². The number of rotatable bonds is 4. The molecular weight excluding hydrogens is 438 g/mol. The van der Waals surface area contributed by atoms with Crippen molar-refractivity contribution in [3.8, 4) is 0 Å². The SMILES string of the molecule is CC[C@H](C(=O)N1CCN(c2cccc(Cl)c2)CC1)n1c2ccccc2c2cnn(C)c(=O)c21. The number of para-hydroxylation sites is 1. The third-order valence-electron chi connectivity index (χ3n) is 6.55. The zero-order valence-electron chi connectivity index (χ0n) is 18.7. The van der Waals surface area contributed by atoms with Crippen molar-refractivity contribution in [2.24, 2.45) is 7.05 Å². The molecule has 8 heteroatoms. The lowest BCUT2D eigenvalue weighted by atomic mass is 10.1. The Labute approximate surface area is 196 Å². The van der Waals surface area contributed by atoms with Gasteiger partial charge in [0.2, 0.25) is 5.91 Å². The second kappa shape index (κ2) is 8.56. The summed E-state index contributed by atoms with van der Waals surface area (Å²) in [6, 6.07) is 15.2. The molecule has 4 aromatic rings. The molecule has 0 N–H and O–H groups in total. The van der Waals surface area contributed by atoms with E-state index in [4.69, 9.17) is 11.6 Å². The molecule has 1 fully saturated rings. The molecule has 0 aliphatic carbocycles. The number of benzene rings is 2. The molecule has 0 bridgehead atoms. The van der Waals surface area contributed by atoms with Crippen LogP contribution in [-0.2, 0) is 11.8 Å². The standard InChI is InChI=1S/C25H26ClN5O2/c1-3-21(24(32)30-13-11-29(12-14-30)18-8-6-7-17(26)15-18)31-22-10-5-4-9-19(22)20-16-27-28(2)25(33)23(20)31/h4-10,15-16,21H,3,11-14H2,1-2H3/t21-/m1/s1. The van der Waals surface area contributed by atoms with Gasteiger partial charge in [-0.1, -0.05) is 42.8 Å². The number of hydrogen-bond acceptors (Lipinski definition) is 4. The maximum Gasteiger partial charge on any atom is 0.291 e. The summed E-state index contributed by atoms with van der Waals surface area (Å²) in [6.45, 7) is 4.72. The van der Waals surface area contributed by atoms with Crippen LogP contribution in [0, 0.1) is 0 Å². The minimum Gasteiger partial charge on any atom is -0.368 e. The van der Waals surface area contributed by atoms with E-state index in [2.05, 4.69) is 10.00 Å². The Bertz CT molecular complexity index is 1400. The zero-order valence-corrected chi connectivity index (χ0v) is 19.5. The van der Waals surface area contributed by atoms with Crippen molar-refractivity contribution in [2.45, 2.75) is 19.4 Å². The molecular formula is C25H26ClN5O2. The topological polar surface area (TPSA) is 63.4 Å². The van der Waals surface area contributed by atoms with Gasteiger partial charge in [-0.2, -0.15) is 5.10 Å². The average molecular weight is 464 g/mol. The number of halogens is 1. The predicted octanol–water partition coefficient (Wildman–Crippen LogP) is 3.84. The first-order valence-corrected chi connectivity index (χ1v) is 11.6. The number of aromatic nitrogens is 3. The van der Waals surface area contributed by atoms with Gasteiger partial charge >= 0.3 is 0 Å². The molecule has 0 unspecified atom stereocenters. The van der Waals surface area contributed by atoms with Crippen LogP contribution in [0.25, 0.3) is 21.8 Å². The van der Waals surface area contributed by atoms with Crippen LogP contribution in [0.1, 0.15) is 19.4 Å². The minimum atomic E-state index is -0.458. The van der Waals surface area contributed by atoms with Gasteiger partial charge in [0.1, 0.15) is 11.6 Å². The third kappa shape index (κ3) is 3.66. The number of aryl methyl sites for hydroxylation is 1. The van der Waals surface area contributed by atoms with Crippen LogP contribution in [0.2, 0.25) is 5.02 Å². The van der Waals surface area contributed by atoms with Crippen LogP contribution in [0.15, 0.2) is 59.5 Å². The molecule has 0 radical (unpaired) electrons. The number of piperazine rings is 1. The average Bonchev–Trinajstić information content (AvgIpc) is 3.17. The van der Waals surface area contributed by atoms with Gasteiger partial charge in [0.25, 0.3) is 5.56 Å².